The Balaban J connectivity index is 2.78. The standard InChI is InChI=1S/C14H26N4O/c1-5-7-15-14-16-11(4)9-13(18-14)17-12(6-8-19)10(2)3/h9-10,12,19H,5-8H2,1-4H3,(H2,15,16,17,18). The van der Waals surface area contributed by atoms with E-state index in [0.29, 0.717) is 11.9 Å². The first-order valence-corrected chi connectivity index (χ1v) is 7.03. The number of hydrogen-bond donors (Lipinski definition) is 3. The Morgan fingerprint density at radius 3 is 2.63 bits per heavy atom. The van der Waals surface area contributed by atoms with Gasteiger partial charge in [-0.25, -0.2) is 4.98 Å². The molecule has 1 aromatic heterocycles. The fraction of sp³-hybridized carbons (Fsp3) is 0.714. The van der Waals surface area contributed by atoms with Crippen LogP contribution < -0.4 is 10.6 Å². The smallest absolute Gasteiger partial charge is 0.224 e. The maximum absolute atomic E-state index is 9.10. The highest BCUT2D eigenvalue weighted by molar-refractivity contribution is 5.43. The summed E-state index contributed by atoms with van der Waals surface area (Å²) in [4.78, 5) is 8.82. The molecule has 0 aliphatic carbocycles. The van der Waals surface area contributed by atoms with Gasteiger partial charge in [-0.2, -0.15) is 4.98 Å². The van der Waals surface area contributed by atoms with Crippen LogP contribution in [-0.4, -0.2) is 34.3 Å². The lowest BCUT2D eigenvalue weighted by Gasteiger charge is -2.22. The molecule has 108 valence electrons. The first-order chi connectivity index (χ1) is 9.06. The summed E-state index contributed by atoms with van der Waals surface area (Å²) in [6.07, 6.45) is 1.76. The van der Waals surface area contributed by atoms with Crippen LogP contribution in [0.15, 0.2) is 6.07 Å². The minimum atomic E-state index is 0.181. The van der Waals surface area contributed by atoms with Gasteiger partial charge in [0.25, 0.3) is 0 Å². The van der Waals surface area contributed by atoms with E-state index in [4.69, 9.17) is 5.11 Å². The highest BCUT2D eigenvalue weighted by Crippen LogP contribution is 2.15. The van der Waals surface area contributed by atoms with Crippen molar-refractivity contribution in [3.63, 3.8) is 0 Å². The van der Waals surface area contributed by atoms with E-state index in [-0.39, 0.29) is 12.6 Å². The molecular weight excluding hydrogens is 240 g/mol. The molecule has 1 unspecified atom stereocenters. The summed E-state index contributed by atoms with van der Waals surface area (Å²) in [6.45, 7) is 9.39. The van der Waals surface area contributed by atoms with Gasteiger partial charge in [0, 0.05) is 31.0 Å². The number of anilines is 2. The Kier molecular flexibility index (Phi) is 6.56. The van der Waals surface area contributed by atoms with Crippen molar-refractivity contribution in [3.8, 4) is 0 Å². The summed E-state index contributed by atoms with van der Waals surface area (Å²) in [5.41, 5.74) is 0.933. The van der Waals surface area contributed by atoms with Gasteiger partial charge in [-0.1, -0.05) is 20.8 Å². The van der Waals surface area contributed by atoms with E-state index in [1.54, 1.807) is 0 Å². The van der Waals surface area contributed by atoms with Crippen molar-refractivity contribution in [2.75, 3.05) is 23.8 Å². The number of nitrogens with zero attached hydrogens (tertiary/aromatic N) is 2. The maximum Gasteiger partial charge on any atom is 0.224 e. The van der Waals surface area contributed by atoms with E-state index in [2.05, 4.69) is 41.4 Å². The van der Waals surface area contributed by atoms with Crippen molar-refractivity contribution in [1.29, 1.82) is 0 Å². The van der Waals surface area contributed by atoms with Crippen LogP contribution in [0.1, 0.15) is 39.3 Å². The molecule has 19 heavy (non-hydrogen) atoms. The fourth-order valence-corrected chi connectivity index (χ4v) is 1.86. The Morgan fingerprint density at radius 2 is 2.05 bits per heavy atom. The van der Waals surface area contributed by atoms with Crippen LogP contribution in [-0.2, 0) is 0 Å². The number of aliphatic hydroxyl groups excluding tert-OH is 1. The summed E-state index contributed by atoms with van der Waals surface area (Å²) >= 11 is 0. The maximum atomic E-state index is 9.10. The Morgan fingerprint density at radius 1 is 1.32 bits per heavy atom. The Labute approximate surface area is 115 Å². The van der Waals surface area contributed by atoms with E-state index in [0.717, 1.165) is 30.9 Å². The fourth-order valence-electron chi connectivity index (χ4n) is 1.86. The molecule has 0 fully saturated rings. The highest BCUT2D eigenvalue weighted by atomic mass is 16.3. The average molecular weight is 266 g/mol. The molecule has 1 rings (SSSR count). The minimum absolute atomic E-state index is 0.181. The molecular formula is C14H26N4O. The summed E-state index contributed by atoms with van der Waals surface area (Å²) in [6, 6.07) is 2.16. The monoisotopic (exact) mass is 266 g/mol. The van der Waals surface area contributed by atoms with Crippen molar-refractivity contribution in [2.45, 2.75) is 46.6 Å². The SMILES string of the molecule is CCCNc1nc(C)cc(NC(CCO)C(C)C)n1. The lowest BCUT2D eigenvalue weighted by molar-refractivity contribution is 0.267. The predicted molar refractivity (Wildman–Crippen MR) is 79.5 cm³/mol. The van der Waals surface area contributed by atoms with Crippen LogP contribution in [0.25, 0.3) is 0 Å². The number of hydrogen-bond acceptors (Lipinski definition) is 5. The minimum Gasteiger partial charge on any atom is -0.396 e. The molecule has 0 aliphatic rings. The lowest BCUT2D eigenvalue weighted by atomic mass is 10.0. The second kappa shape index (κ2) is 7.94. The molecule has 1 atom stereocenters. The first kappa shape index (κ1) is 15.7. The Bertz CT molecular complexity index is 382. The van der Waals surface area contributed by atoms with E-state index in [9.17, 15) is 0 Å². The number of rotatable bonds is 8. The number of aromatic nitrogens is 2. The third-order valence-corrected chi connectivity index (χ3v) is 2.97. The van der Waals surface area contributed by atoms with E-state index >= 15 is 0 Å². The van der Waals surface area contributed by atoms with E-state index in [1.807, 2.05) is 13.0 Å². The highest BCUT2D eigenvalue weighted by Gasteiger charge is 2.13. The van der Waals surface area contributed by atoms with Crippen LogP contribution in [0.5, 0.6) is 0 Å². The lowest BCUT2D eigenvalue weighted by Crippen LogP contribution is -2.27. The quantitative estimate of drug-likeness (QED) is 0.674. The molecule has 0 amide bonds. The van der Waals surface area contributed by atoms with Crippen LogP contribution >= 0.6 is 0 Å². The molecule has 1 heterocycles. The second-order valence-electron chi connectivity index (χ2n) is 5.15. The van der Waals surface area contributed by atoms with Gasteiger partial charge >= 0.3 is 0 Å². The zero-order chi connectivity index (χ0) is 14.3. The van der Waals surface area contributed by atoms with Crippen molar-refractivity contribution >= 4 is 11.8 Å². The van der Waals surface area contributed by atoms with Crippen molar-refractivity contribution in [1.82, 2.24) is 9.97 Å². The van der Waals surface area contributed by atoms with Crippen LogP contribution in [0.4, 0.5) is 11.8 Å². The normalized spacial score (nSPS) is 12.5. The van der Waals surface area contributed by atoms with Crippen LogP contribution in [0, 0.1) is 12.8 Å². The third kappa shape index (κ3) is 5.42. The van der Waals surface area contributed by atoms with Gasteiger partial charge in [-0.15, -0.1) is 0 Å². The molecule has 0 aliphatic heterocycles. The number of nitrogens with one attached hydrogen (secondary N) is 2. The predicted octanol–water partition coefficient (Wildman–Crippen LogP) is 2.43. The summed E-state index contributed by atoms with van der Waals surface area (Å²) in [5.74, 6) is 1.92. The average Bonchev–Trinajstić information content (AvgIpc) is 2.35. The zero-order valence-electron chi connectivity index (χ0n) is 12.4. The van der Waals surface area contributed by atoms with Gasteiger partial charge < -0.3 is 15.7 Å². The summed E-state index contributed by atoms with van der Waals surface area (Å²) in [5, 5.41) is 15.7. The van der Waals surface area contributed by atoms with Gasteiger partial charge in [0.15, 0.2) is 0 Å². The second-order valence-corrected chi connectivity index (χ2v) is 5.15. The molecule has 0 saturated heterocycles. The van der Waals surface area contributed by atoms with Gasteiger partial charge in [-0.3, -0.25) is 0 Å². The molecule has 0 spiro atoms. The van der Waals surface area contributed by atoms with Crippen LogP contribution in [0.3, 0.4) is 0 Å². The van der Waals surface area contributed by atoms with Crippen molar-refractivity contribution in [3.05, 3.63) is 11.8 Å². The van der Waals surface area contributed by atoms with Gasteiger partial charge in [0.2, 0.25) is 5.95 Å². The molecule has 5 heteroatoms. The molecule has 0 aromatic carbocycles. The van der Waals surface area contributed by atoms with Crippen LogP contribution in [0.2, 0.25) is 0 Å². The topological polar surface area (TPSA) is 70.1 Å². The molecule has 3 N–H and O–H groups in total. The third-order valence-electron chi connectivity index (χ3n) is 2.97. The molecule has 0 bridgehead atoms. The summed E-state index contributed by atoms with van der Waals surface area (Å²) in [7, 11) is 0. The van der Waals surface area contributed by atoms with Gasteiger partial charge in [-0.05, 0) is 25.7 Å². The summed E-state index contributed by atoms with van der Waals surface area (Å²) < 4.78 is 0. The van der Waals surface area contributed by atoms with E-state index in [1.165, 1.54) is 0 Å². The molecule has 0 radical (unpaired) electrons. The molecule has 5 nitrogen and oxygen atoms in total. The number of aliphatic hydroxyl groups is 1. The molecule has 0 saturated carbocycles. The van der Waals surface area contributed by atoms with Crippen molar-refractivity contribution < 1.29 is 5.11 Å². The molecule has 1 aromatic rings. The van der Waals surface area contributed by atoms with Gasteiger partial charge in [0.05, 0.1) is 0 Å². The van der Waals surface area contributed by atoms with Gasteiger partial charge in [0.1, 0.15) is 5.82 Å². The van der Waals surface area contributed by atoms with E-state index < -0.39 is 0 Å². The first-order valence-electron chi connectivity index (χ1n) is 7.03. The Hall–Kier alpha value is -1.36. The largest absolute Gasteiger partial charge is 0.396 e. The van der Waals surface area contributed by atoms with Crippen molar-refractivity contribution in [2.24, 2.45) is 5.92 Å². The number of aryl methyl sites for hydroxylation is 1. The zero-order valence-corrected chi connectivity index (χ0v) is 12.4.